The quantitative estimate of drug-likeness (QED) is 0.433. The Bertz CT molecular complexity index is 480. The summed E-state index contributed by atoms with van der Waals surface area (Å²) in [6, 6.07) is 7.75. The van der Waals surface area contributed by atoms with Gasteiger partial charge in [-0.25, -0.2) is 4.21 Å². The molecule has 5 N–H and O–H groups in total. The molecule has 1 saturated heterocycles. The topological polar surface area (TPSA) is 127 Å². The number of hydrogen-bond acceptors (Lipinski definition) is 7. The zero-order chi connectivity index (χ0) is 14.9. The minimum Gasteiger partial charge on any atom is -0.394 e. The smallest absolute Gasteiger partial charge is 0.279 e. The van der Waals surface area contributed by atoms with Gasteiger partial charge in [-0.1, -0.05) is 18.2 Å². The van der Waals surface area contributed by atoms with Crippen molar-refractivity contribution in [3.05, 3.63) is 30.3 Å². The molecule has 0 aliphatic carbocycles. The predicted octanol–water partition coefficient (Wildman–Crippen LogP) is -2.09. The second-order valence-electron chi connectivity index (χ2n) is 4.48. The second kappa shape index (κ2) is 5.86. The standard InChI is InChI=1S/C12H16O7S/c13-6-8-9(14)10(15)11(16)12(17,19-8)20(18)7-4-2-1-3-5-7/h1-5,8-11,13-17H,6H2/t8-,9+,10+,11-,12+,20?/m0/s1. The van der Waals surface area contributed by atoms with Crippen molar-refractivity contribution in [3.63, 3.8) is 0 Å². The monoisotopic (exact) mass is 304 g/mol. The molecule has 1 aliphatic rings. The third kappa shape index (κ3) is 2.51. The van der Waals surface area contributed by atoms with Crippen LogP contribution in [0.5, 0.6) is 0 Å². The molecule has 2 rings (SSSR count). The van der Waals surface area contributed by atoms with Gasteiger partial charge >= 0.3 is 0 Å². The maximum Gasteiger partial charge on any atom is 0.279 e. The average molecular weight is 304 g/mol. The number of aliphatic hydroxyl groups excluding tert-OH is 4. The van der Waals surface area contributed by atoms with Crippen LogP contribution < -0.4 is 0 Å². The molecule has 1 aliphatic heterocycles. The highest BCUT2D eigenvalue weighted by atomic mass is 32.2. The van der Waals surface area contributed by atoms with E-state index < -0.39 is 46.9 Å². The Kier molecular flexibility index (Phi) is 4.55. The summed E-state index contributed by atoms with van der Waals surface area (Å²) < 4.78 is 17.3. The summed E-state index contributed by atoms with van der Waals surface area (Å²) in [7, 11) is -2.22. The summed E-state index contributed by atoms with van der Waals surface area (Å²) in [5.41, 5.74) is 0. The Morgan fingerprint density at radius 2 is 1.75 bits per heavy atom. The zero-order valence-corrected chi connectivity index (χ0v) is 11.2. The van der Waals surface area contributed by atoms with E-state index in [1.165, 1.54) is 12.1 Å². The van der Waals surface area contributed by atoms with Crippen LogP contribution in [0.3, 0.4) is 0 Å². The average Bonchev–Trinajstić information content (AvgIpc) is 2.49. The summed E-state index contributed by atoms with van der Waals surface area (Å²) in [5, 5.41) is 45.9. The van der Waals surface area contributed by atoms with Gasteiger partial charge in [0.1, 0.15) is 35.2 Å². The van der Waals surface area contributed by atoms with Gasteiger partial charge in [-0.3, -0.25) is 0 Å². The van der Waals surface area contributed by atoms with E-state index in [9.17, 15) is 24.6 Å². The van der Waals surface area contributed by atoms with Crippen molar-refractivity contribution < 1.29 is 34.5 Å². The molecule has 6 atom stereocenters. The third-order valence-electron chi connectivity index (χ3n) is 3.15. The molecule has 0 bridgehead atoms. The van der Waals surface area contributed by atoms with Crippen molar-refractivity contribution in [1.82, 2.24) is 0 Å². The van der Waals surface area contributed by atoms with Gasteiger partial charge in [-0.15, -0.1) is 0 Å². The van der Waals surface area contributed by atoms with E-state index in [1.54, 1.807) is 18.2 Å². The normalized spacial score (nSPS) is 39.5. The summed E-state index contributed by atoms with van der Waals surface area (Å²) >= 11 is 0. The molecule has 0 amide bonds. The summed E-state index contributed by atoms with van der Waals surface area (Å²) in [6.07, 6.45) is -6.73. The van der Waals surface area contributed by atoms with Crippen LogP contribution in [0.4, 0.5) is 0 Å². The first-order chi connectivity index (χ1) is 9.41. The van der Waals surface area contributed by atoms with Crippen LogP contribution in [-0.4, -0.2) is 65.9 Å². The van der Waals surface area contributed by atoms with Crippen molar-refractivity contribution in [2.24, 2.45) is 0 Å². The van der Waals surface area contributed by atoms with Gasteiger partial charge in [0.15, 0.2) is 0 Å². The van der Waals surface area contributed by atoms with Crippen LogP contribution in [0.15, 0.2) is 35.2 Å². The minimum absolute atomic E-state index is 0.175. The molecule has 0 radical (unpaired) electrons. The lowest BCUT2D eigenvalue weighted by atomic mass is 9.99. The maximum absolute atomic E-state index is 12.3. The van der Waals surface area contributed by atoms with E-state index in [0.717, 1.165) is 0 Å². The van der Waals surface area contributed by atoms with E-state index in [4.69, 9.17) is 9.84 Å². The number of aliphatic hydroxyl groups is 5. The van der Waals surface area contributed by atoms with Gasteiger partial charge in [0, 0.05) is 4.90 Å². The number of rotatable bonds is 3. The van der Waals surface area contributed by atoms with Crippen molar-refractivity contribution in [3.8, 4) is 0 Å². The SMILES string of the molecule is O=S(c1ccccc1)[C@]1(O)O[C@@H](CO)[C@@H](O)[C@@H](O)[C@@H]1O. The van der Waals surface area contributed by atoms with Gasteiger partial charge < -0.3 is 30.3 Å². The largest absolute Gasteiger partial charge is 0.394 e. The third-order valence-corrected chi connectivity index (χ3v) is 4.72. The Hall–Kier alpha value is -0.870. The van der Waals surface area contributed by atoms with Crippen LogP contribution in [-0.2, 0) is 15.5 Å². The van der Waals surface area contributed by atoms with Crippen molar-refractivity contribution >= 4 is 10.8 Å². The molecular weight excluding hydrogens is 288 g/mol. The van der Waals surface area contributed by atoms with Crippen molar-refractivity contribution in [2.45, 2.75) is 34.4 Å². The summed E-state index contributed by atoms with van der Waals surface area (Å²) in [4.78, 5) is 0.175. The first-order valence-electron chi connectivity index (χ1n) is 5.94. The molecule has 1 fully saturated rings. The first kappa shape index (κ1) is 15.5. The Labute approximate surface area is 117 Å². The Morgan fingerprint density at radius 3 is 2.30 bits per heavy atom. The van der Waals surface area contributed by atoms with E-state index >= 15 is 0 Å². The lowest BCUT2D eigenvalue weighted by Gasteiger charge is -2.44. The molecule has 0 aromatic heterocycles. The lowest BCUT2D eigenvalue weighted by Crippen LogP contribution is -2.66. The van der Waals surface area contributed by atoms with E-state index in [-0.39, 0.29) is 4.90 Å². The predicted molar refractivity (Wildman–Crippen MR) is 67.8 cm³/mol. The fourth-order valence-corrected chi connectivity index (χ4v) is 3.30. The highest BCUT2D eigenvalue weighted by Crippen LogP contribution is 2.33. The zero-order valence-electron chi connectivity index (χ0n) is 10.4. The highest BCUT2D eigenvalue weighted by Gasteiger charge is 2.56. The second-order valence-corrected chi connectivity index (χ2v) is 6.07. The fourth-order valence-electron chi connectivity index (χ4n) is 1.99. The maximum atomic E-state index is 12.3. The molecule has 20 heavy (non-hydrogen) atoms. The van der Waals surface area contributed by atoms with Gasteiger partial charge in [0.25, 0.3) is 5.12 Å². The molecule has 112 valence electrons. The first-order valence-corrected chi connectivity index (χ1v) is 7.09. The van der Waals surface area contributed by atoms with E-state index in [0.29, 0.717) is 0 Å². The van der Waals surface area contributed by atoms with Crippen LogP contribution >= 0.6 is 0 Å². The summed E-state index contributed by atoms with van der Waals surface area (Å²) in [6.45, 7) is -0.709. The lowest BCUT2D eigenvalue weighted by molar-refractivity contribution is -0.307. The highest BCUT2D eigenvalue weighted by molar-refractivity contribution is 7.86. The van der Waals surface area contributed by atoms with Crippen LogP contribution in [0.1, 0.15) is 0 Å². The molecule has 7 nitrogen and oxygen atoms in total. The van der Waals surface area contributed by atoms with Crippen LogP contribution in [0.2, 0.25) is 0 Å². The molecule has 0 saturated carbocycles. The number of hydrogen-bond donors (Lipinski definition) is 5. The van der Waals surface area contributed by atoms with Gasteiger partial charge in [-0.05, 0) is 12.1 Å². The van der Waals surface area contributed by atoms with E-state index in [2.05, 4.69) is 0 Å². The number of benzene rings is 1. The fraction of sp³-hybridized carbons (Fsp3) is 0.500. The molecule has 1 heterocycles. The van der Waals surface area contributed by atoms with Crippen molar-refractivity contribution in [2.75, 3.05) is 6.61 Å². The molecule has 1 aromatic rings. The molecule has 1 unspecified atom stereocenters. The minimum atomic E-state index is -2.62. The Morgan fingerprint density at radius 1 is 1.15 bits per heavy atom. The molecule has 0 spiro atoms. The van der Waals surface area contributed by atoms with Crippen LogP contribution in [0, 0.1) is 0 Å². The molecule has 1 aromatic carbocycles. The summed E-state index contributed by atoms with van der Waals surface area (Å²) in [5.74, 6) is 0. The van der Waals surface area contributed by atoms with Gasteiger partial charge in [-0.2, -0.15) is 0 Å². The molecule has 8 heteroatoms. The van der Waals surface area contributed by atoms with Crippen molar-refractivity contribution in [1.29, 1.82) is 0 Å². The van der Waals surface area contributed by atoms with Crippen LogP contribution in [0.25, 0.3) is 0 Å². The van der Waals surface area contributed by atoms with Gasteiger partial charge in [0.05, 0.1) is 6.61 Å². The number of ether oxygens (including phenoxy) is 1. The Balaban J connectivity index is 2.34. The van der Waals surface area contributed by atoms with Gasteiger partial charge in [0.2, 0.25) is 0 Å². The van der Waals surface area contributed by atoms with E-state index in [1.807, 2.05) is 0 Å². The molecular formula is C12H16O7S.